The SMILES string of the molecule is Nc1ncnc2nc(-c3c(F)cccc3Cl)[nH]c12. The number of nitrogens with zero attached hydrogens (tertiary/aromatic N) is 3. The normalized spacial score (nSPS) is 11.0. The van der Waals surface area contributed by atoms with Gasteiger partial charge in [-0.25, -0.2) is 19.3 Å². The Morgan fingerprint density at radius 3 is 2.83 bits per heavy atom. The van der Waals surface area contributed by atoms with E-state index in [4.69, 9.17) is 17.3 Å². The van der Waals surface area contributed by atoms with Crippen LogP contribution in [-0.2, 0) is 0 Å². The molecule has 3 rings (SSSR count). The molecule has 0 saturated carbocycles. The summed E-state index contributed by atoms with van der Waals surface area (Å²) in [4.78, 5) is 14.8. The molecular weight excluding hydrogens is 257 g/mol. The molecule has 90 valence electrons. The van der Waals surface area contributed by atoms with Gasteiger partial charge in [0.15, 0.2) is 11.5 Å². The number of nitrogen functional groups attached to an aromatic ring is 1. The van der Waals surface area contributed by atoms with E-state index in [-0.39, 0.29) is 22.2 Å². The van der Waals surface area contributed by atoms with Gasteiger partial charge in [-0.3, -0.25) is 0 Å². The minimum Gasteiger partial charge on any atom is -0.382 e. The number of nitrogens with two attached hydrogens (primary N) is 1. The Bertz CT molecular complexity index is 719. The number of hydrogen-bond donors (Lipinski definition) is 2. The van der Waals surface area contributed by atoms with E-state index in [0.29, 0.717) is 11.2 Å². The van der Waals surface area contributed by atoms with E-state index in [1.165, 1.54) is 18.5 Å². The Labute approximate surface area is 106 Å². The predicted octanol–water partition coefficient (Wildman–Crippen LogP) is 2.39. The van der Waals surface area contributed by atoms with E-state index in [1.54, 1.807) is 6.07 Å². The molecule has 0 saturated heterocycles. The first-order valence-electron chi connectivity index (χ1n) is 5.07. The minimum absolute atomic E-state index is 0.191. The molecular formula is C11H7ClFN5. The second-order valence-electron chi connectivity index (χ2n) is 3.64. The summed E-state index contributed by atoms with van der Waals surface area (Å²) in [5.74, 6) is 0.0691. The summed E-state index contributed by atoms with van der Waals surface area (Å²) < 4.78 is 13.8. The van der Waals surface area contributed by atoms with Crippen molar-refractivity contribution in [2.45, 2.75) is 0 Å². The van der Waals surface area contributed by atoms with E-state index >= 15 is 0 Å². The highest BCUT2D eigenvalue weighted by molar-refractivity contribution is 6.33. The molecule has 3 N–H and O–H groups in total. The molecule has 2 heterocycles. The van der Waals surface area contributed by atoms with Gasteiger partial charge in [-0.05, 0) is 12.1 Å². The van der Waals surface area contributed by atoms with Crippen molar-refractivity contribution in [2.24, 2.45) is 0 Å². The zero-order chi connectivity index (χ0) is 12.7. The van der Waals surface area contributed by atoms with Crippen molar-refractivity contribution in [2.75, 3.05) is 5.73 Å². The lowest BCUT2D eigenvalue weighted by atomic mass is 10.2. The fourth-order valence-corrected chi connectivity index (χ4v) is 1.94. The summed E-state index contributed by atoms with van der Waals surface area (Å²) in [7, 11) is 0. The van der Waals surface area contributed by atoms with Crippen molar-refractivity contribution in [3.8, 4) is 11.4 Å². The van der Waals surface area contributed by atoms with Crippen LogP contribution >= 0.6 is 11.6 Å². The first-order chi connectivity index (χ1) is 8.66. The van der Waals surface area contributed by atoms with Gasteiger partial charge in [-0.15, -0.1) is 0 Å². The number of halogens is 2. The van der Waals surface area contributed by atoms with Gasteiger partial charge in [-0.1, -0.05) is 17.7 Å². The van der Waals surface area contributed by atoms with Crippen molar-refractivity contribution in [1.29, 1.82) is 0 Å². The number of fused-ring (bicyclic) bond motifs is 1. The number of anilines is 1. The van der Waals surface area contributed by atoms with E-state index in [2.05, 4.69) is 19.9 Å². The van der Waals surface area contributed by atoms with Crippen LogP contribution < -0.4 is 5.73 Å². The van der Waals surface area contributed by atoms with Crippen LogP contribution in [-0.4, -0.2) is 19.9 Å². The number of nitrogens with one attached hydrogen (secondary N) is 1. The Morgan fingerprint density at radius 1 is 1.28 bits per heavy atom. The molecule has 1 aromatic carbocycles. The summed E-state index contributed by atoms with van der Waals surface area (Å²) in [6.07, 6.45) is 1.30. The molecule has 18 heavy (non-hydrogen) atoms. The van der Waals surface area contributed by atoms with Gasteiger partial charge >= 0.3 is 0 Å². The van der Waals surface area contributed by atoms with Gasteiger partial charge in [-0.2, -0.15) is 0 Å². The lowest BCUT2D eigenvalue weighted by Gasteiger charge is -2.01. The zero-order valence-electron chi connectivity index (χ0n) is 8.98. The first-order valence-corrected chi connectivity index (χ1v) is 5.45. The second-order valence-corrected chi connectivity index (χ2v) is 4.05. The number of imidazole rings is 1. The van der Waals surface area contributed by atoms with Gasteiger partial charge in [0.25, 0.3) is 0 Å². The van der Waals surface area contributed by atoms with E-state index in [1.807, 2.05) is 0 Å². The topological polar surface area (TPSA) is 80.5 Å². The lowest BCUT2D eigenvalue weighted by Crippen LogP contribution is -1.91. The first kappa shape index (κ1) is 10.9. The van der Waals surface area contributed by atoms with Crippen LogP contribution in [0, 0.1) is 5.82 Å². The van der Waals surface area contributed by atoms with Crippen molar-refractivity contribution >= 4 is 28.6 Å². The molecule has 0 bridgehead atoms. The fraction of sp³-hybridized carbons (Fsp3) is 0. The molecule has 0 spiro atoms. The third-order valence-corrected chi connectivity index (χ3v) is 2.83. The Kier molecular flexibility index (Phi) is 2.38. The standard InChI is InChI=1S/C11H7ClFN5/c12-5-2-1-3-6(13)7(5)10-17-8-9(14)15-4-16-11(8)18-10/h1-4H,(H3,14,15,16,17,18). The van der Waals surface area contributed by atoms with Crippen LogP contribution in [0.1, 0.15) is 0 Å². The third kappa shape index (κ3) is 1.58. The molecule has 5 nitrogen and oxygen atoms in total. The van der Waals surface area contributed by atoms with Crippen molar-refractivity contribution in [3.63, 3.8) is 0 Å². The third-order valence-electron chi connectivity index (χ3n) is 2.52. The predicted molar refractivity (Wildman–Crippen MR) is 66.5 cm³/mol. The molecule has 3 aromatic rings. The monoisotopic (exact) mass is 263 g/mol. The highest BCUT2D eigenvalue weighted by atomic mass is 35.5. The minimum atomic E-state index is -0.465. The molecule has 7 heteroatoms. The van der Waals surface area contributed by atoms with Crippen LogP contribution in [0.15, 0.2) is 24.5 Å². The van der Waals surface area contributed by atoms with Crippen molar-refractivity contribution in [3.05, 3.63) is 35.4 Å². The molecule has 0 fully saturated rings. The van der Waals surface area contributed by atoms with Gasteiger partial charge in [0.05, 0.1) is 10.6 Å². The molecule has 0 aliphatic rings. The molecule has 0 atom stereocenters. The molecule has 0 amide bonds. The summed E-state index contributed by atoms with van der Waals surface area (Å²) in [6, 6.07) is 4.42. The Balaban J connectivity index is 2.30. The summed E-state index contributed by atoms with van der Waals surface area (Å²) in [6.45, 7) is 0. The average Bonchev–Trinajstić information content (AvgIpc) is 2.74. The maximum atomic E-state index is 13.8. The van der Waals surface area contributed by atoms with Crippen LogP contribution in [0.5, 0.6) is 0 Å². The number of rotatable bonds is 1. The van der Waals surface area contributed by atoms with Crippen LogP contribution in [0.2, 0.25) is 5.02 Å². The molecule has 0 radical (unpaired) electrons. The molecule has 0 aliphatic heterocycles. The quantitative estimate of drug-likeness (QED) is 0.706. The number of aromatic nitrogens is 4. The van der Waals surface area contributed by atoms with E-state index in [0.717, 1.165) is 0 Å². The highest BCUT2D eigenvalue weighted by Crippen LogP contribution is 2.30. The second kappa shape index (κ2) is 3.92. The van der Waals surface area contributed by atoms with Crippen molar-refractivity contribution in [1.82, 2.24) is 19.9 Å². The Hall–Kier alpha value is -2.21. The van der Waals surface area contributed by atoms with E-state index < -0.39 is 5.82 Å². The smallest absolute Gasteiger partial charge is 0.183 e. The van der Waals surface area contributed by atoms with Crippen molar-refractivity contribution < 1.29 is 4.39 Å². The average molecular weight is 264 g/mol. The lowest BCUT2D eigenvalue weighted by molar-refractivity contribution is 0.630. The number of aromatic amines is 1. The van der Waals surface area contributed by atoms with E-state index in [9.17, 15) is 4.39 Å². The number of H-pyrrole nitrogens is 1. The number of benzene rings is 1. The summed E-state index contributed by atoms with van der Waals surface area (Å²) >= 11 is 5.96. The van der Waals surface area contributed by atoms with Gasteiger partial charge in [0.1, 0.15) is 23.5 Å². The van der Waals surface area contributed by atoms with Gasteiger partial charge < -0.3 is 10.7 Å². The summed E-state index contributed by atoms with van der Waals surface area (Å²) in [5.41, 5.74) is 6.70. The van der Waals surface area contributed by atoms with Gasteiger partial charge in [0, 0.05) is 0 Å². The highest BCUT2D eigenvalue weighted by Gasteiger charge is 2.15. The molecule has 0 aliphatic carbocycles. The van der Waals surface area contributed by atoms with Crippen LogP contribution in [0.3, 0.4) is 0 Å². The van der Waals surface area contributed by atoms with Gasteiger partial charge in [0.2, 0.25) is 0 Å². The molecule has 2 aromatic heterocycles. The largest absolute Gasteiger partial charge is 0.382 e. The fourth-order valence-electron chi connectivity index (χ4n) is 1.69. The Morgan fingerprint density at radius 2 is 2.11 bits per heavy atom. The van der Waals surface area contributed by atoms with Crippen LogP contribution in [0.4, 0.5) is 10.2 Å². The maximum Gasteiger partial charge on any atom is 0.183 e. The maximum absolute atomic E-state index is 13.8. The van der Waals surface area contributed by atoms with Crippen LogP contribution in [0.25, 0.3) is 22.6 Å². The number of hydrogen-bond acceptors (Lipinski definition) is 4. The summed E-state index contributed by atoms with van der Waals surface area (Å²) in [5, 5.41) is 0.264. The molecule has 0 unspecified atom stereocenters. The zero-order valence-corrected chi connectivity index (χ0v) is 9.74.